The molecule has 0 saturated carbocycles. The summed E-state index contributed by atoms with van der Waals surface area (Å²) in [6.45, 7) is 4.15. The Bertz CT molecular complexity index is 297. The molecule has 1 aromatic rings. The van der Waals surface area contributed by atoms with Gasteiger partial charge in [-0.05, 0) is 23.6 Å². The van der Waals surface area contributed by atoms with Gasteiger partial charge in [-0.15, -0.1) is 0 Å². The SMILES string of the molecule is CC(C)[C@@H](N)c1ccc(Cl)c(Cl)c1. The average Bonchev–Trinajstić information content (AvgIpc) is 2.08. The molecule has 1 rings (SSSR count). The maximum absolute atomic E-state index is 5.96. The Labute approximate surface area is 88.8 Å². The summed E-state index contributed by atoms with van der Waals surface area (Å²) in [7, 11) is 0. The summed E-state index contributed by atoms with van der Waals surface area (Å²) in [6, 6.07) is 5.55. The van der Waals surface area contributed by atoms with Crippen LogP contribution in [0.2, 0.25) is 10.0 Å². The number of hydrogen-bond acceptors (Lipinski definition) is 1. The summed E-state index contributed by atoms with van der Waals surface area (Å²) in [5.74, 6) is 0.400. The number of rotatable bonds is 2. The highest BCUT2D eigenvalue weighted by Gasteiger charge is 2.11. The Kier molecular flexibility index (Phi) is 3.60. The van der Waals surface area contributed by atoms with Crippen molar-refractivity contribution < 1.29 is 0 Å². The Morgan fingerprint density at radius 1 is 1.15 bits per heavy atom. The third-order valence-corrected chi connectivity index (χ3v) is 2.79. The van der Waals surface area contributed by atoms with Crippen LogP contribution in [-0.2, 0) is 0 Å². The van der Waals surface area contributed by atoms with E-state index in [9.17, 15) is 0 Å². The number of hydrogen-bond donors (Lipinski definition) is 1. The van der Waals surface area contributed by atoms with Gasteiger partial charge in [0.1, 0.15) is 0 Å². The molecule has 1 nitrogen and oxygen atoms in total. The van der Waals surface area contributed by atoms with E-state index in [4.69, 9.17) is 28.9 Å². The maximum atomic E-state index is 5.96. The van der Waals surface area contributed by atoms with Crippen molar-refractivity contribution in [3.8, 4) is 0 Å². The van der Waals surface area contributed by atoms with Crippen LogP contribution in [0.25, 0.3) is 0 Å². The van der Waals surface area contributed by atoms with Crippen molar-refractivity contribution in [1.29, 1.82) is 0 Å². The zero-order chi connectivity index (χ0) is 10.0. The van der Waals surface area contributed by atoms with Crippen LogP contribution in [0, 0.1) is 5.92 Å². The van der Waals surface area contributed by atoms with E-state index >= 15 is 0 Å². The lowest BCUT2D eigenvalue weighted by molar-refractivity contribution is 0.514. The van der Waals surface area contributed by atoms with E-state index in [2.05, 4.69) is 13.8 Å². The first-order chi connectivity index (χ1) is 6.02. The Morgan fingerprint density at radius 3 is 2.23 bits per heavy atom. The molecule has 0 fully saturated rings. The topological polar surface area (TPSA) is 26.0 Å². The lowest BCUT2D eigenvalue weighted by atomic mass is 9.97. The minimum absolute atomic E-state index is 0.0229. The smallest absolute Gasteiger partial charge is 0.0595 e. The van der Waals surface area contributed by atoms with Crippen molar-refractivity contribution in [3.05, 3.63) is 33.8 Å². The minimum atomic E-state index is 0.0229. The normalized spacial score (nSPS) is 13.4. The van der Waals surface area contributed by atoms with Gasteiger partial charge < -0.3 is 5.73 Å². The number of halogens is 2. The summed E-state index contributed by atoms with van der Waals surface area (Å²) in [6.07, 6.45) is 0. The Morgan fingerprint density at radius 2 is 1.77 bits per heavy atom. The van der Waals surface area contributed by atoms with Crippen molar-refractivity contribution in [1.82, 2.24) is 0 Å². The molecule has 3 heteroatoms. The van der Waals surface area contributed by atoms with Crippen LogP contribution in [0.15, 0.2) is 18.2 Å². The number of benzene rings is 1. The van der Waals surface area contributed by atoms with Crippen LogP contribution < -0.4 is 5.73 Å². The quantitative estimate of drug-likeness (QED) is 0.805. The lowest BCUT2D eigenvalue weighted by Gasteiger charge is -2.16. The van der Waals surface area contributed by atoms with Crippen LogP contribution in [0.4, 0.5) is 0 Å². The van der Waals surface area contributed by atoms with Gasteiger partial charge in [-0.25, -0.2) is 0 Å². The van der Waals surface area contributed by atoms with Crippen LogP contribution in [0.1, 0.15) is 25.5 Å². The van der Waals surface area contributed by atoms with Gasteiger partial charge in [0.05, 0.1) is 10.0 Å². The van der Waals surface area contributed by atoms with E-state index in [1.807, 2.05) is 12.1 Å². The zero-order valence-corrected chi connectivity index (χ0v) is 9.23. The van der Waals surface area contributed by atoms with Crippen LogP contribution in [0.3, 0.4) is 0 Å². The standard InChI is InChI=1S/C10H13Cl2N/c1-6(2)10(13)7-3-4-8(11)9(12)5-7/h3-6,10H,13H2,1-2H3/t10-/m1/s1. The molecule has 0 unspecified atom stereocenters. The van der Waals surface area contributed by atoms with Gasteiger partial charge in [-0.1, -0.05) is 43.1 Å². The molecule has 0 saturated heterocycles. The summed E-state index contributed by atoms with van der Waals surface area (Å²) >= 11 is 11.7. The molecule has 0 amide bonds. The van der Waals surface area contributed by atoms with E-state index in [-0.39, 0.29) is 6.04 Å². The lowest BCUT2D eigenvalue weighted by Crippen LogP contribution is -2.16. The monoisotopic (exact) mass is 217 g/mol. The molecular formula is C10H13Cl2N. The van der Waals surface area contributed by atoms with Gasteiger partial charge in [0, 0.05) is 6.04 Å². The fourth-order valence-corrected chi connectivity index (χ4v) is 1.41. The fourth-order valence-electron chi connectivity index (χ4n) is 1.10. The van der Waals surface area contributed by atoms with Gasteiger partial charge >= 0.3 is 0 Å². The summed E-state index contributed by atoms with van der Waals surface area (Å²) in [4.78, 5) is 0. The molecule has 72 valence electrons. The first-order valence-electron chi connectivity index (χ1n) is 4.23. The van der Waals surface area contributed by atoms with Crippen LogP contribution in [-0.4, -0.2) is 0 Å². The van der Waals surface area contributed by atoms with Gasteiger partial charge in [0.15, 0.2) is 0 Å². The van der Waals surface area contributed by atoms with Crippen molar-refractivity contribution in [2.24, 2.45) is 11.7 Å². The number of nitrogens with two attached hydrogens (primary N) is 1. The van der Waals surface area contributed by atoms with E-state index in [1.165, 1.54) is 0 Å². The van der Waals surface area contributed by atoms with Crippen molar-refractivity contribution >= 4 is 23.2 Å². The maximum Gasteiger partial charge on any atom is 0.0595 e. The Hall–Kier alpha value is -0.240. The molecule has 0 radical (unpaired) electrons. The predicted molar refractivity (Wildman–Crippen MR) is 58.2 cm³/mol. The van der Waals surface area contributed by atoms with E-state index < -0.39 is 0 Å². The summed E-state index contributed by atoms with van der Waals surface area (Å²) < 4.78 is 0. The minimum Gasteiger partial charge on any atom is -0.324 e. The molecule has 0 aliphatic rings. The van der Waals surface area contributed by atoms with Gasteiger partial charge in [0.2, 0.25) is 0 Å². The predicted octanol–water partition coefficient (Wildman–Crippen LogP) is 3.65. The molecule has 2 N–H and O–H groups in total. The molecule has 1 aromatic carbocycles. The molecule has 0 heterocycles. The molecule has 0 aliphatic carbocycles. The van der Waals surface area contributed by atoms with Gasteiger partial charge in [-0.2, -0.15) is 0 Å². The van der Waals surface area contributed by atoms with Crippen molar-refractivity contribution in [2.75, 3.05) is 0 Å². The molecule has 0 spiro atoms. The molecule has 13 heavy (non-hydrogen) atoms. The molecular weight excluding hydrogens is 205 g/mol. The molecule has 0 aliphatic heterocycles. The molecule has 1 atom stereocenters. The molecule has 0 bridgehead atoms. The second-order valence-electron chi connectivity index (χ2n) is 3.44. The van der Waals surface area contributed by atoms with Crippen molar-refractivity contribution in [3.63, 3.8) is 0 Å². The first kappa shape index (κ1) is 10.8. The average molecular weight is 218 g/mol. The van der Waals surface area contributed by atoms with Crippen LogP contribution >= 0.6 is 23.2 Å². The second kappa shape index (κ2) is 4.32. The zero-order valence-electron chi connectivity index (χ0n) is 7.72. The van der Waals surface area contributed by atoms with Gasteiger partial charge in [0.25, 0.3) is 0 Å². The highest BCUT2D eigenvalue weighted by Crippen LogP contribution is 2.27. The molecule has 0 aromatic heterocycles. The van der Waals surface area contributed by atoms with E-state index in [0.717, 1.165) is 5.56 Å². The van der Waals surface area contributed by atoms with Crippen LogP contribution in [0.5, 0.6) is 0 Å². The highest BCUT2D eigenvalue weighted by atomic mass is 35.5. The second-order valence-corrected chi connectivity index (χ2v) is 4.26. The highest BCUT2D eigenvalue weighted by molar-refractivity contribution is 6.42. The third kappa shape index (κ3) is 2.60. The first-order valence-corrected chi connectivity index (χ1v) is 4.98. The van der Waals surface area contributed by atoms with E-state index in [0.29, 0.717) is 16.0 Å². The third-order valence-electron chi connectivity index (χ3n) is 2.05. The fraction of sp³-hybridized carbons (Fsp3) is 0.400. The Balaban J connectivity index is 2.97. The van der Waals surface area contributed by atoms with E-state index in [1.54, 1.807) is 6.07 Å². The summed E-state index contributed by atoms with van der Waals surface area (Å²) in [5.41, 5.74) is 6.99. The summed E-state index contributed by atoms with van der Waals surface area (Å²) in [5, 5.41) is 1.14. The van der Waals surface area contributed by atoms with Gasteiger partial charge in [-0.3, -0.25) is 0 Å². The van der Waals surface area contributed by atoms with Crippen molar-refractivity contribution in [2.45, 2.75) is 19.9 Å². The largest absolute Gasteiger partial charge is 0.324 e.